The van der Waals surface area contributed by atoms with Gasteiger partial charge < -0.3 is 10.0 Å². The Labute approximate surface area is 117 Å². The number of amides is 1. The number of aryl methyl sites for hydroxylation is 1. The molecule has 0 unspecified atom stereocenters. The number of aliphatic carboxylic acids is 1. The number of nitrogens with zero attached hydrogens (tertiary/aromatic N) is 1. The van der Waals surface area contributed by atoms with Gasteiger partial charge in [0.25, 0.3) is 0 Å². The maximum atomic E-state index is 12.2. The van der Waals surface area contributed by atoms with Crippen LogP contribution in [0.5, 0.6) is 0 Å². The van der Waals surface area contributed by atoms with E-state index in [0.717, 1.165) is 25.7 Å². The highest BCUT2D eigenvalue weighted by atomic mass is 32.1. The summed E-state index contributed by atoms with van der Waals surface area (Å²) in [6.07, 6.45) is 5.19. The second-order valence-electron chi connectivity index (χ2n) is 4.93. The number of thiophene rings is 1. The number of carboxylic acid groups (broad SMARTS) is 1. The zero-order valence-electron chi connectivity index (χ0n) is 10.9. The Balaban J connectivity index is 1.92. The third-order valence-electron chi connectivity index (χ3n) is 3.56. The zero-order chi connectivity index (χ0) is 13.7. The second kappa shape index (κ2) is 6.70. The lowest BCUT2D eigenvalue weighted by Gasteiger charge is -2.27. The first-order valence-corrected chi connectivity index (χ1v) is 7.58. The van der Waals surface area contributed by atoms with E-state index in [0.29, 0.717) is 12.8 Å². The lowest BCUT2D eigenvalue weighted by molar-refractivity contribution is -0.146. The van der Waals surface area contributed by atoms with Crippen molar-refractivity contribution in [3.63, 3.8) is 0 Å². The molecule has 1 fully saturated rings. The van der Waals surface area contributed by atoms with E-state index in [9.17, 15) is 9.59 Å². The first-order valence-electron chi connectivity index (χ1n) is 6.70. The quantitative estimate of drug-likeness (QED) is 0.871. The average Bonchev–Trinajstić information content (AvgIpc) is 3.05. The number of carbonyl (C=O) groups excluding carboxylic acids is 1. The van der Waals surface area contributed by atoms with Gasteiger partial charge in [0.05, 0.1) is 0 Å². The van der Waals surface area contributed by atoms with Gasteiger partial charge in [0, 0.05) is 17.3 Å². The fourth-order valence-electron chi connectivity index (χ4n) is 2.61. The molecule has 19 heavy (non-hydrogen) atoms. The van der Waals surface area contributed by atoms with Crippen LogP contribution in [0.1, 0.15) is 37.0 Å². The van der Waals surface area contributed by atoms with Crippen molar-refractivity contribution in [1.82, 2.24) is 4.90 Å². The van der Waals surface area contributed by atoms with Crippen molar-refractivity contribution in [1.29, 1.82) is 0 Å². The Morgan fingerprint density at radius 2 is 2.11 bits per heavy atom. The molecule has 0 bridgehead atoms. The molecular weight excluding hydrogens is 262 g/mol. The van der Waals surface area contributed by atoms with Crippen molar-refractivity contribution >= 4 is 23.2 Å². The van der Waals surface area contributed by atoms with Crippen LogP contribution in [0.25, 0.3) is 0 Å². The van der Waals surface area contributed by atoms with Crippen LogP contribution in [-0.2, 0) is 16.0 Å². The van der Waals surface area contributed by atoms with Crippen molar-refractivity contribution in [2.24, 2.45) is 0 Å². The summed E-state index contributed by atoms with van der Waals surface area (Å²) in [5.41, 5.74) is 0. The van der Waals surface area contributed by atoms with Crippen molar-refractivity contribution in [2.75, 3.05) is 6.54 Å². The topological polar surface area (TPSA) is 57.6 Å². The highest BCUT2D eigenvalue weighted by Crippen LogP contribution is 2.24. The number of hydrogen-bond donors (Lipinski definition) is 1. The van der Waals surface area contributed by atoms with Crippen LogP contribution in [0, 0.1) is 0 Å². The highest BCUT2D eigenvalue weighted by Gasteiger charge is 2.27. The fraction of sp³-hybridized carbons (Fsp3) is 0.571. The van der Waals surface area contributed by atoms with E-state index in [1.807, 2.05) is 17.5 Å². The molecule has 1 aromatic rings. The molecule has 0 aromatic carbocycles. The van der Waals surface area contributed by atoms with Crippen molar-refractivity contribution in [2.45, 2.75) is 44.6 Å². The van der Waals surface area contributed by atoms with E-state index in [4.69, 9.17) is 5.11 Å². The molecule has 0 atom stereocenters. The van der Waals surface area contributed by atoms with E-state index < -0.39 is 5.97 Å². The summed E-state index contributed by atoms with van der Waals surface area (Å²) in [6, 6.07) is 4.11. The monoisotopic (exact) mass is 281 g/mol. The maximum Gasteiger partial charge on any atom is 0.323 e. The first-order chi connectivity index (χ1) is 9.16. The van der Waals surface area contributed by atoms with Gasteiger partial charge in [0.1, 0.15) is 6.54 Å². The molecule has 0 radical (unpaired) electrons. The molecule has 0 spiro atoms. The summed E-state index contributed by atoms with van der Waals surface area (Å²) in [4.78, 5) is 25.9. The van der Waals surface area contributed by atoms with Crippen LogP contribution in [0.3, 0.4) is 0 Å². The highest BCUT2D eigenvalue weighted by molar-refractivity contribution is 7.09. The number of carboxylic acids is 1. The molecule has 104 valence electrons. The number of rotatable bonds is 6. The molecule has 0 saturated heterocycles. The summed E-state index contributed by atoms with van der Waals surface area (Å²) in [6.45, 7) is -0.159. The summed E-state index contributed by atoms with van der Waals surface area (Å²) >= 11 is 1.64. The molecule has 2 rings (SSSR count). The second-order valence-corrected chi connectivity index (χ2v) is 5.97. The van der Waals surface area contributed by atoms with Gasteiger partial charge in [-0.3, -0.25) is 9.59 Å². The Morgan fingerprint density at radius 3 is 2.68 bits per heavy atom. The van der Waals surface area contributed by atoms with Gasteiger partial charge in [-0.05, 0) is 30.7 Å². The molecule has 1 aromatic heterocycles. The standard InChI is InChI=1S/C14H19NO3S/c16-13(8-7-12-6-3-9-19-12)15(10-14(17)18)11-4-1-2-5-11/h3,6,9,11H,1-2,4-5,7-8,10H2,(H,17,18). The zero-order valence-corrected chi connectivity index (χ0v) is 11.7. The van der Waals surface area contributed by atoms with Gasteiger partial charge in [-0.25, -0.2) is 0 Å². The molecule has 0 aliphatic heterocycles. The molecule has 1 saturated carbocycles. The van der Waals surface area contributed by atoms with Crippen LogP contribution in [-0.4, -0.2) is 34.5 Å². The summed E-state index contributed by atoms with van der Waals surface area (Å²) in [7, 11) is 0. The average molecular weight is 281 g/mol. The molecule has 1 aliphatic rings. The van der Waals surface area contributed by atoms with E-state index in [2.05, 4.69) is 0 Å². The minimum Gasteiger partial charge on any atom is -0.480 e. The van der Waals surface area contributed by atoms with Gasteiger partial charge in [-0.2, -0.15) is 0 Å². The maximum absolute atomic E-state index is 12.2. The van der Waals surface area contributed by atoms with Crippen molar-refractivity contribution in [3.8, 4) is 0 Å². The van der Waals surface area contributed by atoms with Gasteiger partial charge in [0.2, 0.25) is 5.91 Å². The van der Waals surface area contributed by atoms with E-state index >= 15 is 0 Å². The van der Waals surface area contributed by atoms with Crippen LogP contribution >= 0.6 is 11.3 Å². The molecular formula is C14H19NO3S. The third kappa shape index (κ3) is 4.06. The van der Waals surface area contributed by atoms with Crippen LogP contribution < -0.4 is 0 Å². The SMILES string of the molecule is O=C(O)CN(C(=O)CCc1cccs1)C1CCCC1. The molecule has 1 aliphatic carbocycles. The van der Waals surface area contributed by atoms with Gasteiger partial charge in [-0.15, -0.1) is 11.3 Å². The number of carbonyl (C=O) groups is 2. The molecule has 1 heterocycles. The Morgan fingerprint density at radius 1 is 1.37 bits per heavy atom. The summed E-state index contributed by atoms with van der Waals surface area (Å²) in [5.74, 6) is -0.945. The molecule has 1 N–H and O–H groups in total. The Kier molecular flexibility index (Phi) is 4.96. The summed E-state index contributed by atoms with van der Waals surface area (Å²) < 4.78 is 0. The van der Waals surface area contributed by atoms with Gasteiger partial charge in [0.15, 0.2) is 0 Å². The lowest BCUT2D eigenvalue weighted by atomic mass is 10.1. The predicted molar refractivity (Wildman–Crippen MR) is 74.2 cm³/mol. The smallest absolute Gasteiger partial charge is 0.323 e. The Hall–Kier alpha value is -1.36. The van der Waals surface area contributed by atoms with Crippen LogP contribution in [0.15, 0.2) is 17.5 Å². The third-order valence-corrected chi connectivity index (χ3v) is 4.49. The van der Waals surface area contributed by atoms with Crippen LogP contribution in [0.2, 0.25) is 0 Å². The summed E-state index contributed by atoms with van der Waals surface area (Å²) in [5, 5.41) is 10.9. The molecule has 4 nitrogen and oxygen atoms in total. The predicted octanol–water partition coefficient (Wildman–Crippen LogP) is 2.54. The lowest BCUT2D eigenvalue weighted by Crippen LogP contribution is -2.42. The van der Waals surface area contributed by atoms with E-state index in [-0.39, 0.29) is 18.5 Å². The Bertz CT molecular complexity index is 424. The minimum absolute atomic E-state index is 0.0253. The van der Waals surface area contributed by atoms with Crippen molar-refractivity contribution < 1.29 is 14.7 Å². The van der Waals surface area contributed by atoms with Crippen molar-refractivity contribution in [3.05, 3.63) is 22.4 Å². The number of hydrogen-bond acceptors (Lipinski definition) is 3. The van der Waals surface area contributed by atoms with Crippen LogP contribution in [0.4, 0.5) is 0 Å². The largest absolute Gasteiger partial charge is 0.480 e. The van der Waals surface area contributed by atoms with Gasteiger partial charge in [-0.1, -0.05) is 18.9 Å². The van der Waals surface area contributed by atoms with Gasteiger partial charge >= 0.3 is 5.97 Å². The first kappa shape index (κ1) is 14.1. The van der Waals surface area contributed by atoms with E-state index in [1.54, 1.807) is 16.2 Å². The van der Waals surface area contributed by atoms with E-state index in [1.165, 1.54) is 4.88 Å². The molecule has 5 heteroatoms. The molecule has 1 amide bonds. The minimum atomic E-state index is -0.920. The normalized spacial score (nSPS) is 15.6. The fourth-order valence-corrected chi connectivity index (χ4v) is 3.32.